The van der Waals surface area contributed by atoms with Crippen LogP contribution in [0.3, 0.4) is 0 Å². The van der Waals surface area contributed by atoms with E-state index in [1.54, 1.807) is 5.48 Å². The fraction of sp³-hybridized carbons (Fsp3) is 0.592. The van der Waals surface area contributed by atoms with Crippen molar-refractivity contribution in [2.45, 2.75) is 167 Å². The molecule has 0 unspecified atom stereocenters. The van der Waals surface area contributed by atoms with Gasteiger partial charge in [0.25, 0.3) is 0 Å². The number of rotatable bonds is 29. The number of amides is 2. The highest BCUT2D eigenvalue weighted by Crippen LogP contribution is 2.39. The van der Waals surface area contributed by atoms with Crippen molar-refractivity contribution >= 4 is 11.8 Å². The highest BCUT2D eigenvalue weighted by atomic mass is 16.7. The van der Waals surface area contributed by atoms with E-state index in [9.17, 15) is 14.7 Å². The number of aliphatic hydroxyl groups excluding tert-OH is 1. The molecular weight excluding hydrogens is 727 g/mol. The number of hydrogen-bond acceptors (Lipinski definition) is 7. The quantitative estimate of drug-likeness (QED) is 0.0313. The molecule has 4 rings (SSSR count). The lowest BCUT2D eigenvalue weighted by Gasteiger charge is -2.38. The van der Waals surface area contributed by atoms with E-state index in [0.717, 1.165) is 78.7 Å². The molecule has 3 atom stereocenters. The first kappa shape index (κ1) is 47.1. The standard InChI is InChI=1S/C49H73N3O6/c1-3-5-7-9-13-17-32-52(33-18-14-10-8-6-4-2)37-45-35-46(42-26-24-39(38-53)25-27-42)58-49(57-45)43-30-28-41(29-31-43)44-21-19-20-40(34-44)36-50-47(54)22-15-11-12-16-23-48(55)51-56/h19-21,24-31,34,45-46,49,53,56H,3-18,22-23,32-33,35-38H2,1-2H3,(H,50,54)(H,51,55)/t45-,46+,49+/m0/s1. The Balaban J connectivity index is 1.39. The van der Waals surface area contributed by atoms with Gasteiger partial charge in [-0.25, -0.2) is 5.48 Å². The molecule has 9 heteroatoms. The summed E-state index contributed by atoms with van der Waals surface area (Å²) >= 11 is 0. The maximum absolute atomic E-state index is 12.5. The van der Waals surface area contributed by atoms with Gasteiger partial charge in [0.15, 0.2) is 6.29 Å². The lowest BCUT2D eigenvalue weighted by molar-refractivity contribution is -0.253. The van der Waals surface area contributed by atoms with Crippen molar-refractivity contribution in [2.75, 3.05) is 19.6 Å². The van der Waals surface area contributed by atoms with E-state index in [1.807, 2.05) is 24.3 Å². The zero-order valence-electron chi connectivity index (χ0n) is 35.6. The zero-order chi connectivity index (χ0) is 41.2. The number of nitrogens with one attached hydrogen (secondary N) is 2. The number of hydrogen-bond donors (Lipinski definition) is 4. The van der Waals surface area contributed by atoms with E-state index in [2.05, 4.69) is 72.6 Å². The number of benzene rings is 3. The lowest BCUT2D eigenvalue weighted by atomic mass is 9.98. The fourth-order valence-corrected chi connectivity index (χ4v) is 7.81. The topological polar surface area (TPSA) is 120 Å². The molecule has 3 aromatic carbocycles. The van der Waals surface area contributed by atoms with Crippen LogP contribution in [0.25, 0.3) is 11.1 Å². The number of hydroxylamine groups is 1. The third-order valence-corrected chi connectivity index (χ3v) is 11.3. The largest absolute Gasteiger partial charge is 0.392 e. The minimum atomic E-state index is -0.498. The van der Waals surface area contributed by atoms with Gasteiger partial charge in [0.1, 0.15) is 0 Å². The maximum Gasteiger partial charge on any atom is 0.243 e. The number of carbonyl (C=O) groups is 2. The number of ether oxygens (including phenoxy) is 2. The van der Waals surface area contributed by atoms with Gasteiger partial charge in [-0.2, -0.15) is 0 Å². The second-order valence-corrected chi connectivity index (χ2v) is 16.2. The molecule has 320 valence electrons. The van der Waals surface area contributed by atoms with E-state index < -0.39 is 6.29 Å². The summed E-state index contributed by atoms with van der Waals surface area (Å²) in [6.07, 6.45) is 19.6. The van der Waals surface area contributed by atoms with Gasteiger partial charge in [-0.1, -0.05) is 158 Å². The van der Waals surface area contributed by atoms with Crippen LogP contribution in [-0.4, -0.2) is 52.8 Å². The zero-order valence-corrected chi connectivity index (χ0v) is 35.6. The molecule has 0 saturated carbocycles. The fourth-order valence-electron chi connectivity index (χ4n) is 7.81. The summed E-state index contributed by atoms with van der Waals surface area (Å²) in [4.78, 5) is 26.3. The normalized spacial score (nSPS) is 16.7. The molecule has 0 aromatic heterocycles. The van der Waals surface area contributed by atoms with Crippen molar-refractivity contribution < 1.29 is 29.4 Å². The van der Waals surface area contributed by atoms with Crippen LogP contribution in [0.2, 0.25) is 0 Å². The highest BCUT2D eigenvalue weighted by molar-refractivity contribution is 5.76. The Morgan fingerprint density at radius 3 is 1.86 bits per heavy atom. The molecule has 9 nitrogen and oxygen atoms in total. The Hall–Kier alpha value is -3.60. The highest BCUT2D eigenvalue weighted by Gasteiger charge is 2.33. The van der Waals surface area contributed by atoms with Gasteiger partial charge in [0.05, 0.1) is 18.8 Å². The van der Waals surface area contributed by atoms with Crippen LogP contribution in [0, 0.1) is 0 Å². The van der Waals surface area contributed by atoms with Crippen LogP contribution < -0.4 is 10.8 Å². The Kier molecular flexibility index (Phi) is 22.7. The minimum Gasteiger partial charge on any atom is -0.392 e. The first-order valence-electron chi connectivity index (χ1n) is 22.5. The molecule has 1 aliphatic rings. The summed E-state index contributed by atoms with van der Waals surface area (Å²) in [6, 6.07) is 24.9. The summed E-state index contributed by atoms with van der Waals surface area (Å²) < 4.78 is 13.6. The van der Waals surface area contributed by atoms with Crippen molar-refractivity contribution in [3.63, 3.8) is 0 Å². The van der Waals surface area contributed by atoms with Gasteiger partial charge in [0.2, 0.25) is 11.8 Å². The van der Waals surface area contributed by atoms with Gasteiger partial charge >= 0.3 is 0 Å². The molecule has 0 radical (unpaired) electrons. The van der Waals surface area contributed by atoms with Gasteiger partial charge < -0.3 is 24.8 Å². The van der Waals surface area contributed by atoms with Gasteiger partial charge in [-0.05, 0) is 72.7 Å². The predicted molar refractivity (Wildman–Crippen MR) is 233 cm³/mol. The first-order valence-corrected chi connectivity index (χ1v) is 22.5. The van der Waals surface area contributed by atoms with Crippen molar-refractivity contribution in [2.24, 2.45) is 0 Å². The van der Waals surface area contributed by atoms with Crippen molar-refractivity contribution in [3.05, 3.63) is 95.1 Å². The molecule has 1 saturated heterocycles. The smallest absolute Gasteiger partial charge is 0.243 e. The number of aliphatic hydroxyl groups is 1. The molecule has 2 amide bonds. The molecule has 0 aliphatic carbocycles. The lowest BCUT2D eigenvalue weighted by Crippen LogP contribution is -2.40. The summed E-state index contributed by atoms with van der Waals surface area (Å²) in [6.45, 7) is 8.13. The SMILES string of the molecule is CCCCCCCCN(CCCCCCCC)C[C@@H]1C[C@H](c2ccc(CO)cc2)O[C@H](c2ccc(-c3cccc(CNC(=O)CCCCCCC(=O)NO)c3)cc2)O1. The van der Waals surface area contributed by atoms with Crippen LogP contribution in [0.5, 0.6) is 0 Å². The number of unbranched alkanes of at least 4 members (excludes halogenated alkanes) is 13. The van der Waals surface area contributed by atoms with E-state index in [1.165, 1.54) is 77.0 Å². The third kappa shape index (κ3) is 17.7. The second kappa shape index (κ2) is 28.0. The first-order chi connectivity index (χ1) is 28.4. The van der Waals surface area contributed by atoms with Gasteiger partial charge in [0, 0.05) is 37.9 Å². The molecule has 0 spiro atoms. The van der Waals surface area contributed by atoms with Crippen LogP contribution >= 0.6 is 0 Å². The summed E-state index contributed by atoms with van der Waals surface area (Å²) in [7, 11) is 0. The molecule has 1 fully saturated rings. The van der Waals surface area contributed by atoms with Crippen LogP contribution in [0.1, 0.15) is 170 Å². The number of carbonyl (C=O) groups excluding carboxylic acids is 2. The van der Waals surface area contributed by atoms with Crippen molar-refractivity contribution in [1.29, 1.82) is 0 Å². The van der Waals surface area contributed by atoms with Crippen molar-refractivity contribution in [3.8, 4) is 11.1 Å². The monoisotopic (exact) mass is 800 g/mol. The summed E-state index contributed by atoms with van der Waals surface area (Å²) in [5, 5.41) is 21.3. The van der Waals surface area contributed by atoms with Crippen LogP contribution in [-0.2, 0) is 32.2 Å². The summed E-state index contributed by atoms with van der Waals surface area (Å²) in [5.74, 6) is -0.355. The molecule has 3 aromatic rings. The number of nitrogens with zero attached hydrogens (tertiary/aromatic N) is 1. The third-order valence-electron chi connectivity index (χ3n) is 11.3. The van der Waals surface area contributed by atoms with Crippen molar-refractivity contribution in [1.82, 2.24) is 15.7 Å². The second-order valence-electron chi connectivity index (χ2n) is 16.2. The van der Waals surface area contributed by atoms with Crippen LogP contribution in [0.15, 0.2) is 72.8 Å². The molecule has 4 N–H and O–H groups in total. The van der Waals surface area contributed by atoms with Gasteiger partial charge in [-0.15, -0.1) is 0 Å². The minimum absolute atomic E-state index is 0.0178. The molecule has 1 aliphatic heterocycles. The Morgan fingerprint density at radius 1 is 0.655 bits per heavy atom. The maximum atomic E-state index is 12.5. The average molecular weight is 800 g/mol. The predicted octanol–water partition coefficient (Wildman–Crippen LogP) is 10.9. The van der Waals surface area contributed by atoms with E-state index in [4.69, 9.17) is 14.7 Å². The van der Waals surface area contributed by atoms with Gasteiger partial charge in [-0.3, -0.25) is 14.8 Å². The van der Waals surface area contributed by atoms with E-state index in [0.29, 0.717) is 25.8 Å². The molecule has 1 heterocycles. The van der Waals surface area contributed by atoms with E-state index in [-0.39, 0.29) is 30.6 Å². The summed E-state index contributed by atoms with van der Waals surface area (Å²) in [5.41, 5.74) is 7.84. The Bertz CT molecular complexity index is 1550. The van der Waals surface area contributed by atoms with E-state index >= 15 is 0 Å². The Labute approximate surface area is 349 Å². The molecule has 58 heavy (non-hydrogen) atoms. The van der Waals surface area contributed by atoms with Crippen LogP contribution in [0.4, 0.5) is 0 Å². The Morgan fingerprint density at radius 2 is 1.24 bits per heavy atom. The average Bonchev–Trinajstić information content (AvgIpc) is 3.26. The molecular formula is C49H73N3O6. The molecule has 0 bridgehead atoms.